The summed E-state index contributed by atoms with van der Waals surface area (Å²) in [6.45, 7) is 3.73. The molecule has 2 aromatic rings. The van der Waals surface area contributed by atoms with Crippen LogP contribution in [-0.2, 0) is 0 Å². The molecule has 0 fully saturated rings. The van der Waals surface area contributed by atoms with Gasteiger partial charge in [0, 0.05) is 21.3 Å². The van der Waals surface area contributed by atoms with Crippen molar-refractivity contribution in [2.75, 3.05) is 5.75 Å². The number of benzene rings is 1. The van der Waals surface area contributed by atoms with Gasteiger partial charge in [0.05, 0.1) is 15.7 Å². The Kier molecular flexibility index (Phi) is 5.21. The number of fused-ring (bicyclic) bond motifs is 1. The fourth-order valence-corrected chi connectivity index (χ4v) is 4.05. The number of amidine groups is 1. The normalized spacial score (nSPS) is 16.0. The number of halogens is 2. The predicted octanol–water partition coefficient (Wildman–Crippen LogP) is 4.11. The molecule has 0 saturated carbocycles. The molecule has 0 saturated heterocycles. The number of nitrogens with one attached hydrogen (secondary N) is 1. The third-order valence-corrected chi connectivity index (χ3v) is 4.95. The van der Waals surface area contributed by atoms with Crippen molar-refractivity contribution < 1.29 is 4.42 Å². The van der Waals surface area contributed by atoms with Gasteiger partial charge in [0.15, 0.2) is 5.58 Å². The zero-order valence-electron chi connectivity index (χ0n) is 12.8. The summed E-state index contributed by atoms with van der Waals surface area (Å²) >= 11 is 8.27. The van der Waals surface area contributed by atoms with Gasteiger partial charge in [0.25, 0.3) is 0 Å². The monoisotopic (exact) mass is 470 g/mol. The second-order valence-corrected chi connectivity index (χ2v) is 7.90. The topological polar surface area (TPSA) is 79.3 Å². The van der Waals surface area contributed by atoms with Crippen LogP contribution in [0.4, 0.5) is 0 Å². The maximum atomic E-state index is 12.3. The molecule has 0 radical (unpaired) electrons. The molecule has 0 bridgehead atoms. The van der Waals surface area contributed by atoms with E-state index in [-0.39, 0.29) is 0 Å². The molecule has 2 heterocycles. The van der Waals surface area contributed by atoms with Crippen LogP contribution in [0, 0.1) is 0 Å². The molecule has 1 aliphatic heterocycles. The van der Waals surface area contributed by atoms with E-state index >= 15 is 0 Å². The number of nitrogens with zero attached hydrogens (tertiary/aromatic N) is 3. The van der Waals surface area contributed by atoms with Crippen LogP contribution in [0.25, 0.3) is 11.0 Å². The van der Waals surface area contributed by atoms with Crippen LogP contribution in [0.1, 0.15) is 19.4 Å². The summed E-state index contributed by atoms with van der Waals surface area (Å²) < 4.78 is 7.05. The Balaban J connectivity index is 1.99. The largest absolute Gasteiger partial charge is 0.421 e. The van der Waals surface area contributed by atoms with Crippen LogP contribution < -0.4 is 11.1 Å². The lowest BCUT2D eigenvalue weighted by atomic mass is 10.1. The number of hydrazone groups is 1. The maximum absolute atomic E-state index is 12.3. The Morgan fingerprint density at radius 2 is 2.12 bits per heavy atom. The minimum absolute atomic E-state index is 0.422. The van der Waals surface area contributed by atoms with Crippen molar-refractivity contribution in [3.63, 3.8) is 0 Å². The minimum Gasteiger partial charge on any atom is -0.421 e. The number of thioether (sulfide) groups is 1. The molecule has 0 atom stereocenters. The van der Waals surface area contributed by atoms with E-state index in [0.717, 1.165) is 20.0 Å². The summed E-state index contributed by atoms with van der Waals surface area (Å²) in [7, 11) is 0. The first kappa shape index (κ1) is 17.4. The highest BCUT2D eigenvalue weighted by Gasteiger charge is 2.18. The first-order valence-corrected chi connectivity index (χ1v) is 9.48. The lowest BCUT2D eigenvalue weighted by Gasteiger charge is -2.13. The molecule has 0 spiro atoms. The summed E-state index contributed by atoms with van der Waals surface area (Å²) in [6, 6.07) is 5.51. The second-order valence-electron chi connectivity index (χ2n) is 5.16. The molecule has 1 aliphatic rings. The van der Waals surface area contributed by atoms with Gasteiger partial charge < -0.3 is 4.42 Å². The third-order valence-electron chi connectivity index (χ3n) is 3.04. The quantitative estimate of drug-likeness (QED) is 0.406. The van der Waals surface area contributed by atoms with E-state index in [1.807, 2.05) is 26.0 Å². The second kappa shape index (κ2) is 7.20. The van der Waals surface area contributed by atoms with Crippen molar-refractivity contribution in [3.8, 4) is 0 Å². The van der Waals surface area contributed by atoms with E-state index < -0.39 is 5.63 Å². The molecule has 0 aliphatic carbocycles. The van der Waals surface area contributed by atoms with Crippen molar-refractivity contribution in [1.29, 1.82) is 0 Å². The third kappa shape index (κ3) is 3.79. The predicted molar refractivity (Wildman–Crippen MR) is 106 cm³/mol. The van der Waals surface area contributed by atoms with E-state index in [0.29, 0.717) is 27.8 Å². The first-order valence-electron chi connectivity index (χ1n) is 6.91. The van der Waals surface area contributed by atoms with Gasteiger partial charge in [-0.3, -0.25) is 5.43 Å². The van der Waals surface area contributed by atoms with E-state index in [1.54, 1.807) is 6.07 Å². The smallest absolute Gasteiger partial charge is 0.345 e. The van der Waals surface area contributed by atoms with Crippen molar-refractivity contribution >= 4 is 71.2 Å². The van der Waals surface area contributed by atoms with Gasteiger partial charge >= 0.3 is 5.63 Å². The van der Waals surface area contributed by atoms with E-state index in [2.05, 4.69) is 52.6 Å². The Hall–Kier alpha value is -1.45. The highest BCUT2D eigenvalue weighted by molar-refractivity contribution is 9.11. The Morgan fingerprint density at radius 1 is 1.33 bits per heavy atom. The molecular formula is C15H12Br2N4O2S. The SMILES string of the molecule is CC(C)=N/N=C1/NN=C(c2cc3cc(Br)cc(Br)c3oc2=O)CS1. The van der Waals surface area contributed by atoms with Crippen LogP contribution in [0.3, 0.4) is 0 Å². The van der Waals surface area contributed by atoms with E-state index in [1.165, 1.54) is 11.8 Å². The van der Waals surface area contributed by atoms with Gasteiger partial charge in [0.2, 0.25) is 5.17 Å². The lowest BCUT2D eigenvalue weighted by molar-refractivity contribution is 0.557. The Labute approximate surface area is 158 Å². The first-order chi connectivity index (χ1) is 11.4. The van der Waals surface area contributed by atoms with Gasteiger partial charge in [0.1, 0.15) is 0 Å². The van der Waals surface area contributed by atoms with Crippen LogP contribution >= 0.6 is 43.6 Å². The molecule has 0 amide bonds. The van der Waals surface area contributed by atoms with Crippen LogP contribution in [0.2, 0.25) is 0 Å². The van der Waals surface area contributed by atoms with E-state index in [9.17, 15) is 4.79 Å². The fourth-order valence-electron chi connectivity index (χ4n) is 2.01. The van der Waals surface area contributed by atoms with Crippen LogP contribution in [0.5, 0.6) is 0 Å². The van der Waals surface area contributed by atoms with Crippen molar-refractivity contribution in [2.45, 2.75) is 13.8 Å². The Morgan fingerprint density at radius 3 is 2.79 bits per heavy atom. The summed E-state index contributed by atoms with van der Waals surface area (Å²) in [4.78, 5) is 12.3. The van der Waals surface area contributed by atoms with Gasteiger partial charge in [-0.15, -0.1) is 5.10 Å². The molecule has 1 aromatic heterocycles. The summed E-state index contributed by atoms with van der Waals surface area (Å²) in [5, 5.41) is 13.7. The molecule has 9 heteroatoms. The fraction of sp³-hybridized carbons (Fsp3) is 0.200. The highest BCUT2D eigenvalue weighted by atomic mass is 79.9. The molecule has 124 valence electrons. The van der Waals surface area contributed by atoms with Crippen LogP contribution in [0.15, 0.2) is 51.7 Å². The van der Waals surface area contributed by atoms with Gasteiger partial charge in [-0.1, -0.05) is 27.7 Å². The summed E-state index contributed by atoms with van der Waals surface area (Å²) in [6.07, 6.45) is 0. The van der Waals surface area contributed by atoms with Crippen molar-refractivity contribution in [3.05, 3.63) is 43.1 Å². The number of hydrogen-bond donors (Lipinski definition) is 1. The summed E-state index contributed by atoms with van der Waals surface area (Å²) in [5.74, 6) is 0.509. The van der Waals surface area contributed by atoms with Gasteiger partial charge in [-0.25, -0.2) is 4.79 Å². The minimum atomic E-state index is -0.422. The molecule has 3 rings (SSSR count). The standard InChI is InChI=1S/C15H12Br2N4O2S/c1-7(2)18-20-15-21-19-12(6-24-15)10-4-8-3-9(16)5-11(17)13(8)23-14(10)22/h3-5H,6H2,1-2H3,(H,20,21). The number of hydrogen-bond acceptors (Lipinski definition) is 6. The van der Waals surface area contributed by atoms with Gasteiger partial charge in [-0.2, -0.15) is 10.2 Å². The molecule has 1 aromatic carbocycles. The molecule has 1 N–H and O–H groups in total. The maximum Gasteiger partial charge on any atom is 0.345 e. The Bertz CT molecular complexity index is 962. The zero-order valence-corrected chi connectivity index (χ0v) is 16.7. The van der Waals surface area contributed by atoms with Gasteiger partial charge in [-0.05, 0) is 48.0 Å². The lowest BCUT2D eigenvalue weighted by Crippen LogP contribution is -2.28. The van der Waals surface area contributed by atoms with Crippen molar-refractivity contribution in [2.24, 2.45) is 15.3 Å². The highest BCUT2D eigenvalue weighted by Crippen LogP contribution is 2.28. The molecular weight excluding hydrogens is 460 g/mol. The average Bonchev–Trinajstić information content (AvgIpc) is 2.54. The molecule has 24 heavy (non-hydrogen) atoms. The molecule has 6 nitrogen and oxygen atoms in total. The number of rotatable bonds is 2. The summed E-state index contributed by atoms with van der Waals surface area (Å²) in [5.41, 5.74) is 4.81. The van der Waals surface area contributed by atoms with E-state index in [4.69, 9.17) is 4.42 Å². The zero-order chi connectivity index (χ0) is 17.3. The van der Waals surface area contributed by atoms with Crippen molar-refractivity contribution in [1.82, 2.24) is 5.43 Å². The van der Waals surface area contributed by atoms with Crippen LogP contribution in [-0.4, -0.2) is 22.3 Å². The molecule has 0 unspecified atom stereocenters. The average molecular weight is 472 g/mol.